The van der Waals surface area contributed by atoms with Crippen molar-refractivity contribution in [2.24, 2.45) is 0 Å². The number of carbonyl (C=O) groups is 1. The third-order valence-corrected chi connectivity index (χ3v) is 3.07. The number of halogens is 2. The van der Waals surface area contributed by atoms with Gasteiger partial charge >= 0.3 is 0 Å². The maximum Gasteiger partial charge on any atom is 0.255 e. The number of carbonyl (C=O) groups excluding carboxylic acids is 1. The highest BCUT2D eigenvalue weighted by Gasteiger charge is 2.09. The summed E-state index contributed by atoms with van der Waals surface area (Å²) in [5.41, 5.74) is 0.956. The zero-order valence-electron chi connectivity index (χ0n) is 10.1. The SMILES string of the molecule is COc1cccc(C(=O)Nc2cc(Cl)ccc2Cl)c1. The zero-order chi connectivity index (χ0) is 13.8. The molecule has 0 saturated carbocycles. The molecule has 0 radical (unpaired) electrons. The summed E-state index contributed by atoms with van der Waals surface area (Å²) < 4.78 is 5.07. The normalized spacial score (nSPS) is 10.1. The van der Waals surface area contributed by atoms with Gasteiger partial charge in [-0.15, -0.1) is 0 Å². The summed E-state index contributed by atoms with van der Waals surface area (Å²) in [5.74, 6) is 0.341. The minimum atomic E-state index is -0.275. The van der Waals surface area contributed by atoms with Crippen LogP contribution in [0.4, 0.5) is 5.69 Å². The summed E-state index contributed by atoms with van der Waals surface area (Å²) in [5, 5.41) is 3.64. The van der Waals surface area contributed by atoms with E-state index < -0.39 is 0 Å². The Kier molecular flexibility index (Phi) is 4.30. The Bertz CT molecular complexity index is 614. The monoisotopic (exact) mass is 295 g/mol. The van der Waals surface area contributed by atoms with Crippen LogP contribution in [0.3, 0.4) is 0 Å². The minimum Gasteiger partial charge on any atom is -0.497 e. The predicted molar refractivity (Wildman–Crippen MR) is 77.4 cm³/mol. The second-order valence-corrected chi connectivity index (χ2v) is 4.65. The summed E-state index contributed by atoms with van der Waals surface area (Å²) in [7, 11) is 1.55. The lowest BCUT2D eigenvalue weighted by Crippen LogP contribution is -2.12. The Labute approximate surface area is 121 Å². The molecule has 0 fully saturated rings. The molecule has 2 aromatic rings. The summed E-state index contributed by atoms with van der Waals surface area (Å²) in [6, 6.07) is 11.7. The van der Waals surface area contributed by atoms with Crippen LogP contribution in [0.25, 0.3) is 0 Å². The lowest BCUT2D eigenvalue weighted by atomic mass is 10.2. The van der Waals surface area contributed by atoms with Gasteiger partial charge in [-0.05, 0) is 36.4 Å². The van der Waals surface area contributed by atoms with Crippen LogP contribution in [0.1, 0.15) is 10.4 Å². The van der Waals surface area contributed by atoms with E-state index in [1.807, 2.05) is 0 Å². The van der Waals surface area contributed by atoms with E-state index in [9.17, 15) is 4.79 Å². The number of hydrogen-bond donors (Lipinski definition) is 1. The first-order valence-electron chi connectivity index (χ1n) is 5.50. The largest absolute Gasteiger partial charge is 0.497 e. The van der Waals surface area contributed by atoms with E-state index in [2.05, 4.69) is 5.32 Å². The number of methoxy groups -OCH3 is 1. The predicted octanol–water partition coefficient (Wildman–Crippen LogP) is 4.25. The van der Waals surface area contributed by atoms with Gasteiger partial charge in [-0.3, -0.25) is 4.79 Å². The fraction of sp³-hybridized carbons (Fsp3) is 0.0714. The Hall–Kier alpha value is -1.71. The highest BCUT2D eigenvalue weighted by Crippen LogP contribution is 2.26. The molecular weight excluding hydrogens is 285 g/mol. The van der Waals surface area contributed by atoms with Gasteiger partial charge in [0.15, 0.2) is 0 Å². The molecule has 1 amide bonds. The van der Waals surface area contributed by atoms with Crippen molar-refractivity contribution >= 4 is 34.8 Å². The number of nitrogens with one attached hydrogen (secondary N) is 1. The second kappa shape index (κ2) is 5.95. The second-order valence-electron chi connectivity index (χ2n) is 3.81. The molecule has 0 unspecified atom stereocenters. The van der Waals surface area contributed by atoms with Crippen LogP contribution in [0.2, 0.25) is 10.0 Å². The first kappa shape index (κ1) is 13.7. The van der Waals surface area contributed by atoms with Gasteiger partial charge in [0.1, 0.15) is 5.75 Å². The number of hydrogen-bond acceptors (Lipinski definition) is 2. The number of rotatable bonds is 3. The highest BCUT2D eigenvalue weighted by atomic mass is 35.5. The van der Waals surface area contributed by atoms with Crippen molar-refractivity contribution in [3.8, 4) is 5.75 Å². The maximum absolute atomic E-state index is 12.1. The quantitative estimate of drug-likeness (QED) is 0.919. The molecule has 3 nitrogen and oxygen atoms in total. The Morgan fingerprint density at radius 2 is 1.95 bits per heavy atom. The summed E-state index contributed by atoms with van der Waals surface area (Å²) >= 11 is 11.9. The van der Waals surface area contributed by atoms with Crippen molar-refractivity contribution in [1.82, 2.24) is 0 Å². The molecule has 0 heterocycles. The highest BCUT2D eigenvalue weighted by molar-refractivity contribution is 6.35. The molecule has 0 aliphatic heterocycles. The van der Waals surface area contributed by atoms with E-state index in [-0.39, 0.29) is 5.91 Å². The fourth-order valence-corrected chi connectivity index (χ4v) is 1.89. The zero-order valence-corrected chi connectivity index (χ0v) is 11.6. The fourth-order valence-electron chi connectivity index (χ4n) is 1.55. The van der Waals surface area contributed by atoms with Crippen LogP contribution in [-0.2, 0) is 0 Å². The van der Waals surface area contributed by atoms with Crippen LogP contribution in [-0.4, -0.2) is 13.0 Å². The Balaban J connectivity index is 2.22. The lowest BCUT2D eigenvalue weighted by molar-refractivity contribution is 0.102. The van der Waals surface area contributed by atoms with Crippen molar-refractivity contribution in [2.45, 2.75) is 0 Å². The van der Waals surface area contributed by atoms with E-state index in [0.29, 0.717) is 27.0 Å². The van der Waals surface area contributed by atoms with Crippen LogP contribution >= 0.6 is 23.2 Å². The van der Waals surface area contributed by atoms with Crippen LogP contribution in [0.5, 0.6) is 5.75 Å². The van der Waals surface area contributed by atoms with Gasteiger partial charge in [0.2, 0.25) is 0 Å². The molecule has 2 rings (SSSR count). The van der Waals surface area contributed by atoms with Crippen molar-refractivity contribution in [3.63, 3.8) is 0 Å². The van der Waals surface area contributed by atoms with Crippen LogP contribution in [0, 0.1) is 0 Å². The molecule has 0 aromatic heterocycles. The number of ether oxygens (including phenoxy) is 1. The number of anilines is 1. The van der Waals surface area contributed by atoms with E-state index >= 15 is 0 Å². The first-order chi connectivity index (χ1) is 9.10. The molecule has 0 bridgehead atoms. The van der Waals surface area contributed by atoms with Gasteiger partial charge in [0.05, 0.1) is 17.8 Å². The van der Waals surface area contributed by atoms with Crippen molar-refractivity contribution in [2.75, 3.05) is 12.4 Å². The molecular formula is C14H11Cl2NO2. The molecule has 0 aliphatic carbocycles. The molecule has 0 spiro atoms. The standard InChI is InChI=1S/C14H11Cl2NO2/c1-19-11-4-2-3-9(7-11)14(18)17-13-8-10(15)5-6-12(13)16/h2-8H,1H3,(H,17,18). The van der Waals surface area contributed by atoms with Gasteiger partial charge in [-0.2, -0.15) is 0 Å². The molecule has 19 heavy (non-hydrogen) atoms. The Morgan fingerprint density at radius 3 is 2.68 bits per heavy atom. The number of amides is 1. The molecule has 0 atom stereocenters. The average molecular weight is 296 g/mol. The minimum absolute atomic E-state index is 0.275. The average Bonchev–Trinajstić information content (AvgIpc) is 2.43. The summed E-state index contributed by atoms with van der Waals surface area (Å²) in [6.07, 6.45) is 0. The van der Waals surface area contributed by atoms with Crippen LogP contribution in [0.15, 0.2) is 42.5 Å². The van der Waals surface area contributed by atoms with Gasteiger partial charge in [0.25, 0.3) is 5.91 Å². The molecule has 0 saturated heterocycles. The number of benzene rings is 2. The van der Waals surface area contributed by atoms with E-state index in [4.69, 9.17) is 27.9 Å². The van der Waals surface area contributed by atoms with Crippen LogP contribution < -0.4 is 10.1 Å². The smallest absolute Gasteiger partial charge is 0.255 e. The van der Waals surface area contributed by atoms with Crippen molar-refractivity contribution in [1.29, 1.82) is 0 Å². The summed E-state index contributed by atoms with van der Waals surface area (Å²) in [6.45, 7) is 0. The molecule has 98 valence electrons. The Morgan fingerprint density at radius 1 is 1.16 bits per heavy atom. The summed E-state index contributed by atoms with van der Waals surface area (Å²) in [4.78, 5) is 12.1. The van der Waals surface area contributed by atoms with Gasteiger partial charge in [0, 0.05) is 10.6 Å². The third kappa shape index (κ3) is 3.40. The van der Waals surface area contributed by atoms with Crippen molar-refractivity contribution in [3.05, 3.63) is 58.1 Å². The molecule has 5 heteroatoms. The molecule has 2 aromatic carbocycles. The molecule has 1 N–H and O–H groups in total. The maximum atomic E-state index is 12.1. The van der Waals surface area contributed by atoms with Crippen molar-refractivity contribution < 1.29 is 9.53 Å². The van der Waals surface area contributed by atoms with E-state index in [0.717, 1.165) is 0 Å². The van der Waals surface area contributed by atoms with E-state index in [1.165, 1.54) is 0 Å². The first-order valence-corrected chi connectivity index (χ1v) is 6.26. The topological polar surface area (TPSA) is 38.3 Å². The third-order valence-electron chi connectivity index (χ3n) is 2.51. The molecule has 0 aliphatic rings. The van der Waals surface area contributed by atoms with Gasteiger partial charge in [-0.25, -0.2) is 0 Å². The van der Waals surface area contributed by atoms with E-state index in [1.54, 1.807) is 49.6 Å². The van der Waals surface area contributed by atoms with Gasteiger partial charge < -0.3 is 10.1 Å². The van der Waals surface area contributed by atoms with Gasteiger partial charge in [-0.1, -0.05) is 29.3 Å². The lowest BCUT2D eigenvalue weighted by Gasteiger charge is -2.08.